The quantitative estimate of drug-likeness (QED) is 0.320. The van der Waals surface area contributed by atoms with Crippen LogP contribution in [0.2, 0.25) is 0 Å². The van der Waals surface area contributed by atoms with Crippen molar-refractivity contribution in [1.29, 1.82) is 0 Å². The minimum Gasteiger partial charge on any atom is -0.462 e. The Balaban J connectivity index is 1.72. The molecule has 0 aliphatic carbocycles. The van der Waals surface area contributed by atoms with Gasteiger partial charge in [0.15, 0.2) is 5.16 Å². The van der Waals surface area contributed by atoms with Crippen molar-refractivity contribution in [3.05, 3.63) is 88.7 Å². The van der Waals surface area contributed by atoms with E-state index in [1.54, 1.807) is 19.1 Å². The van der Waals surface area contributed by atoms with Crippen LogP contribution >= 0.6 is 11.8 Å². The zero-order valence-electron chi connectivity index (χ0n) is 17.8. The Hall–Kier alpha value is -3.19. The summed E-state index contributed by atoms with van der Waals surface area (Å²) in [4.78, 5) is 33.8. The van der Waals surface area contributed by atoms with E-state index in [1.165, 1.54) is 11.8 Å². The maximum absolute atomic E-state index is 13.1. The van der Waals surface area contributed by atoms with Crippen molar-refractivity contribution in [3.63, 3.8) is 0 Å². The highest BCUT2D eigenvalue weighted by Crippen LogP contribution is 2.33. The topological polar surface area (TPSA) is 81.2 Å². The monoisotopic (exact) mass is 435 g/mol. The average molecular weight is 436 g/mol. The normalized spacial score (nSPS) is 11.6. The second-order valence-corrected chi connectivity index (χ2v) is 8.05. The lowest BCUT2D eigenvalue weighted by Crippen LogP contribution is -2.27. The predicted octanol–water partition coefficient (Wildman–Crippen LogP) is 4.42. The van der Waals surface area contributed by atoms with Crippen molar-refractivity contribution in [2.75, 3.05) is 6.61 Å². The zero-order chi connectivity index (χ0) is 22.2. The molecular weight excluding hydrogens is 410 g/mol. The molecule has 1 aromatic heterocycles. The molecule has 0 saturated heterocycles. The second-order valence-electron chi connectivity index (χ2n) is 6.98. The molecule has 1 N–H and O–H groups in total. The van der Waals surface area contributed by atoms with Crippen LogP contribution < -0.4 is 5.32 Å². The fraction of sp³-hybridized carbons (Fsp3) is 0.250. The van der Waals surface area contributed by atoms with E-state index in [0.717, 1.165) is 22.5 Å². The molecule has 2 aromatic carbocycles. The summed E-state index contributed by atoms with van der Waals surface area (Å²) in [5.41, 5.74) is 3.99. The van der Waals surface area contributed by atoms with E-state index in [0.29, 0.717) is 23.9 Å². The van der Waals surface area contributed by atoms with Crippen molar-refractivity contribution in [3.8, 4) is 0 Å². The SMILES string of the molecule is CCOC(=O)c1ccc(CNC(=O)[C@@H](Sc2nc(C)cc(C)n2)c2ccccc2)cc1. The molecule has 160 valence electrons. The number of carbonyl (C=O) groups excluding carboxylic acids is 2. The zero-order valence-corrected chi connectivity index (χ0v) is 18.6. The fourth-order valence-electron chi connectivity index (χ4n) is 3.01. The standard InChI is InChI=1S/C24H25N3O3S/c1-4-30-23(29)20-12-10-18(11-13-20)15-25-22(28)21(19-8-6-5-7-9-19)31-24-26-16(2)14-17(3)27-24/h5-14,21H,4,15H2,1-3H3,(H,25,28)/t21-/m0/s1. The third kappa shape index (κ3) is 6.39. The summed E-state index contributed by atoms with van der Waals surface area (Å²) in [6.07, 6.45) is 0. The number of esters is 1. The number of rotatable bonds is 8. The Morgan fingerprint density at radius 2 is 1.65 bits per heavy atom. The molecule has 3 aromatic rings. The van der Waals surface area contributed by atoms with Gasteiger partial charge in [-0.25, -0.2) is 14.8 Å². The van der Waals surface area contributed by atoms with Gasteiger partial charge in [-0.1, -0.05) is 54.2 Å². The number of nitrogens with zero attached hydrogens (tertiary/aromatic N) is 2. The summed E-state index contributed by atoms with van der Waals surface area (Å²) in [7, 11) is 0. The predicted molar refractivity (Wildman–Crippen MR) is 121 cm³/mol. The van der Waals surface area contributed by atoms with E-state index in [-0.39, 0.29) is 11.9 Å². The van der Waals surface area contributed by atoms with E-state index in [1.807, 2.05) is 62.4 Å². The number of benzene rings is 2. The number of amides is 1. The summed E-state index contributed by atoms with van der Waals surface area (Å²) >= 11 is 1.33. The first kappa shape index (κ1) is 22.5. The highest BCUT2D eigenvalue weighted by Gasteiger charge is 2.23. The van der Waals surface area contributed by atoms with Gasteiger partial charge in [-0.2, -0.15) is 0 Å². The van der Waals surface area contributed by atoms with E-state index >= 15 is 0 Å². The molecule has 0 radical (unpaired) electrons. The third-order valence-corrected chi connectivity index (χ3v) is 5.57. The molecule has 7 heteroatoms. The molecular formula is C24H25N3O3S. The molecule has 3 rings (SSSR count). The van der Waals surface area contributed by atoms with Gasteiger partial charge < -0.3 is 10.1 Å². The van der Waals surface area contributed by atoms with Gasteiger partial charge in [0.05, 0.1) is 12.2 Å². The van der Waals surface area contributed by atoms with Gasteiger partial charge in [0.25, 0.3) is 0 Å². The number of nitrogens with one attached hydrogen (secondary N) is 1. The van der Waals surface area contributed by atoms with Crippen LogP contribution in [0.4, 0.5) is 0 Å². The molecule has 0 aliphatic rings. The van der Waals surface area contributed by atoms with Crippen molar-refractivity contribution >= 4 is 23.6 Å². The largest absolute Gasteiger partial charge is 0.462 e. The lowest BCUT2D eigenvalue weighted by atomic mass is 10.1. The van der Waals surface area contributed by atoms with Crippen LogP contribution in [-0.4, -0.2) is 28.5 Å². The first-order valence-electron chi connectivity index (χ1n) is 10.0. The van der Waals surface area contributed by atoms with Gasteiger partial charge in [-0.15, -0.1) is 0 Å². The highest BCUT2D eigenvalue weighted by molar-refractivity contribution is 8.00. The number of hydrogen-bond donors (Lipinski definition) is 1. The summed E-state index contributed by atoms with van der Waals surface area (Å²) in [6.45, 7) is 6.28. The number of aryl methyl sites for hydroxylation is 2. The van der Waals surface area contributed by atoms with Crippen molar-refractivity contribution < 1.29 is 14.3 Å². The Morgan fingerprint density at radius 3 is 2.26 bits per heavy atom. The lowest BCUT2D eigenvalue weighted by Gasteiger charge is -2.17. The molecule has 0 spiro atoms. The number of ether oxygens (including phenoxy) is 1. The fourth-order valence-corrected chi connectivity index (χ4v) is 4.10. The van der Waals surface area contributed by atoms with Crippen LogP contribution in [-0.2, 0) is 16.1 Å². The van der Waals surface area contributed by atoms with Crippen molar-refractivity contribution in [1.82, 2.24) is 15.3 Å². The minimum atomic E-state index is -0.485. The van der Waals surface area contributed by atoms with Crippen LogP contribution in [0.1, 0.15) is 45.0 Å². The molecule has 0 fully saturated rings. The molecule has 1 heterocycles. The van der Waals surface area contributed by atoms with Gasteiger partial charge >= 0.3 is 5.97 Å². The molecule has 31 heavy (non-hydrogen) atoms. The first-order chi connectivity index (χ1) is 15.0. The summed E-state index contributed by atoms with van der Waals surface area (Å²) < 4.78 is 5.00. The van der Waals surface area contributed by atoms with Gasteiger partial charge in [-0.3, -0.25) is 4.79 Å². The molecule has 0 saturated carbocycles. The van der Waals surface area contributed by atoms with Crippen LogP contribution in [0.15, 0.2) is 65.8 Å². The van der Waals surface area contributed by atoms with E-state index in [4.69, 9.17) is 4.74 Å². The smallest absolute Gasteiger partial charge is 0.338 e. The lowest BCUT2D eigenvalue weighted by molar-refractivity contribution is -0.120. The average Bonchev–Trinajstić information content (AvgIpc) is 2.76. The van der Waals surface area contributed by atoms with Crippen LogP contribution in [0.25, 0.3) is 0 Å². The summed E-state index contributed by atoms with van der Waals surface area (Å²) in [6, 6.07) is 18.5. The summed E-state index contributed by atoms with van der Waals surface area (Å²) in [5, 5.41) is 3.07. The van der Waals surface area contributed by atoms with Gasteiger partial charge in [-0.05, 0) is 50.1 Å². The van der Waals surface area contributed by atoms with Gasteiger partial charge in [0.2, 0.25) is 5.91 Å². The molecule has 0 unspecified atom stereocenters. The molecule has 0 bridgehead atoms. The summed E-state index contributed by atoms with van der Waals surface area (Å²) in [5.74, 6) is -0.486. The van der Waals surface area contributed by atoms with E-state index in [2.05, 4.69) is 15.3 Å². The Labute approximate surface area is 186 Å². The van der Waals surface area contributed by atoms with Crippen molar-refractivity contribution in [2.45, 2.75) is 37.7 Å². The molecule has 1 amide bonds. The van der Waals surface area contributed by atoms with E-state index in [9.17, 15) is 9.59 Å². The van der Waals surface area contributed by atoms with Gasteiger partial charge in [0.1, 0.15) is 5.25 Å². The van der Waals surface area contributed by atoms with Crippen molar-refractivity contribution in [2.24, 2.45) is 0 Å². The molecule has 0 aliphatic heterocycles. The van der Waals surface area contributed by atoms with E-state index < -0.39 is 5.25 Å². The van der Waals surface area contributed by atoms with Crippen LogP contribution in [0, 0.1) is 13.8 Å². The molecule has 1 atom stereocenters. The number of carbonyl (C=O) groups is 2. The maximum Gasteiger partial charge on any atom is 0.338 e. The highest BCUT2D eigenvalue weighted by atomic mass is 32.2. The van der Waals surface area contributed by atoms with Crippen LogP contribution in [0.5, 0.6) is 0 Å². The molecule has 6 nitrogen and oxygen atoms in total. The minimum absolute atomic E-state index is 0.131. The third-order valence-electron chi connectivity index (χ3n) is 4.46. The Kier molecular flexibility index (Phi) is 7.78. The number of aromatic nitrogens is 2. The number of hydrogen-bond acceptors (Lipinski definition) is 6. The Morgan fingerprint density at radius 1 is 1.00 bits per heavy atom. The number of thioether (sulfide) groups is 1. The first-order valence-corrected chi connectivity index (χ1v) is 10.9. The van der Waals surface area contributed by atoms with Gasteiger partial charge in [0, 0.05) is 17.9 Å². The maximum atomic E-state index is 13.1. The second kappa shape index (κ2) is 10.7. The Bertz CT molecular complexity index is 1020. The van der Waals surface area contributed by atoms with Crippen LogP contribution in [0.3, 0.4) is 0 Å².